The third kappa shape index (κ3) is 6.96. The number of hydrogen-bond donors (Lipinski definition) is 3. The molecule has 0 spiro atoms. The molecular formula is C27H25ClFN5O5. The largest absolute Gasteiger partial charge is 0.464 e. The van der Waals surface area contributed by atoms with Gasteiger partial charge in [0.15, 0.2) is 6.10 Å². The molecule has 3 N–H and O–H groups in total. The average molecular weight is 554 g/mol. The summed E-state index contributed by atoms with van der Waals surface area (Å²) in [5.41, 5.74) is 4.00. The summed E-state index contributed by atoms with van der Waals surface area (Å²) in [4.78, 5) is 39.8. The lowest BCUT2D eigenvalue weighted by molar-refractivity contribution is -0.154. The molecule has 4 rings (SSSR count). The van der Waals surface area contributed by atoms with Gasteiger partial charge in [-0.3, -0.25) is 15.2 Å². The van der Waals surface area contributed by atoms with Crippen LogP contribution >= 0.6 is 11.6 Å². The number of ether oxygens (including phenoxy) is 1. The fourth-order valence-electron chi connectivity index (χ4n) is 3.77. The van der Waals surface area contributed by atoms with Gasteiger partial charge in [-0.05, 0) is 48.4 Å². The van der Waals surface area contributed by atoms with Gasteiger partial charge in [-0.2, -0.15) is 4.68 Å². The fourth-order valence-corrected chi connectivity index (χ4v) is 3.94. The highest BCUT2D eigenvalue weighted by molar-refractivity contribution is 6.30. The molecule has 0 aliphatic heterocycles. The summed E-state index contributed by atoms with van der Waals surface area (Å²) in [5, 5.41) is 16.1. The van der Waals surface area contributed by atoms with Gasteiger partial charge >= 0.3 is 17.6 Å². The quantitative estimate of drug-likeness (QED) is 0.203. The van der Waals surface area contributed by atoms with Gasteiger partial charge in [0.1, 0.15) is 5.82 Å². The van der Waals surface area contributed by atoms with Crippen molar-refractivity contribution in [3.05, 3.63) is 106 Å². The zero-order valence-corrected chi connectivity index (χ0v) is 21.6. The summed E-state index contributed by atoms with van der Waals surface area (Å²) in [6.45, 7) is 1.40. The molecule has 0 fully saturated rings. The molecule has 0 aliphatic rings. The van der Waals surface area contributed by atoms with Crippen LogP contribution in [0.25, 0.3) is 16.8 Å². The van der Waals surface area contributed by atoms with E-state index in [0.717, 1.165) is 4.68 Å². The minimum atomic E-state index is -1.56. The highest BCUT2D eigenvalue weighted by Crippen LogP contribution is 2.26. The predicted octanol–water partition coefficient (Wildman–Crippen LogP) is 3.09. The normalized spacial score (nSPS) is 11.8. The van der Waals surface area contributed by atoms with Crippen LogP contribution in [0.5, 0.6) is 0 Å². The lowest BCUT2D eigenvalue weighted by Crippen LogP contribution is -2.47. The Morgan fingerprint density at radius 2 is 1.87 bits per heavy atom. The van der Waals surface area contributed by atoms with E-state index in [1.54, 1.807) is 61.5 Å². The minimum Gasteiger partial charge on any atom is -0.464 e. The van der Waals surface area contributed by atoms with Gasteiger partial charge in [0.25, 0.3) is 0 Å². The van der Waals surface area contributed by atoms with Gasteiger partial charge in [-0.15, -0.1) is 5.10 Å². The lowest BCUT2D eigenvalue weighted by Gasteiger charge is -2.24. The molecule has 4 aromatic rings. The van der Waals surface area contributed by atoms with Crippen molar-refractivity contribution in [1.29, 1.82) is 0 Å². The number of halogens is 2. The molecule has 0 saturated carbocycles. The summed E-state index contributed by atoms with van der Waals surface area (Å²) in [7, 11) is 0. The molecule has 39 heavy (non-hydrogen) atoms. The van der Waals surface area contributed by atoms with Gasteiger partial charge in [-0.1, -0.05) is 54.1 Å². The van der Waals surface area contributed by atoms with Gasteiger partial charge in [0.2, 0.25) is 5.82 Å². The molecule has 0 aliphatic carbocycles. The van der Waals surface area contributed by atoms with Crippen LogP contribution in [0.2, 0.25) is 5.02 Å². The number of aliphatic hydroxyl groups is 1. The van der Waals surface area contributed by atoms with Crippen LogP contribution in [-0.2, 0) is 16.1 Å². The van der Waals surface area contributed by atoms with Crippen molar-refractivity contribution in [1.82, 2.24) is 25.2 Å². The highest BCUT2D eigenvalue weighted by Gasteiger charge is 2.24. The van der Waals surface area contributed by atoms with E-state index < -0.39 is 29.5 Å². The van der Waals surface area contributed by atoms with Crippen molar-refractivity contribution in [3.63, 3.8) is 0 Å². The Morgan fingerprint density at radius 1 is 1.15 bits per heavy atom. The van der Waals surface area contributed by atoms with Crippen LogP contribution in [0, 0.1) is 5.82 Å². The van der Waals surface area contributed by atoms with Crippen LogP contribution in [0.15, 0.2) is 77.6 Å². The number of amides is 1. The third-order valence-corrected chi connectivity index (χ3v) is 5.85. The molecular weight excluding hydrogens is 529 g/mol. The van der Waals surface area contributed by atoms with Crippen molar-refractivity contribution >= 4 is 23.5 Å². The van der Waals surface area contributed by atoms with Crippen molar-refractivity contribution in [2.45, 2.75) is 19.6 Å². The van der Waals surface area contributed by atoms with E-state index >= 15 is 0 Å². The molecule has 1 amide bonds. The summed E-state index contributed by atoms with van der Waals surface area (Å²) in [6, 6.07) is 19.6. The monoisotopic (exact) mass is 553 g/mol. The zero-order valence-electron chi connectivity index (χ0n) is 20.8. The zero-order chi connectivity index (χ0) is 27.9. The molecule has 12 heteroatoms. The number of nitrogens with one attached hydrogen (secondary N) is 2. The second-order valence-corrected chi connectivity index (χ2v) is 8.87. The van der Waals surface area contributed by atoms with Gasteiger partial charge < -0.3 is 9.84 Å². The first-order valence-corrected chi connectivity index (χ1v) is 12.3. The summed E-state index contributed by atoms with van der Waals surface area (Å²) < 4.78 is 20.2. The number of aromatic nitrogens is 3. The molecule has 202 valence electrons. The maximum Gasteiger partial charge on any atom is 0.348 e. The molecule has 0 saturated heterocycles. The van der Waals surface area contributed by atoms with Crippen molar-refractivity contribution in [3.8, 4) is 16.8 Å². The van der Waals surface area contributed by atoms with Gasteiger partial charge in [-0.25, -0.2) is 19.0 Å². The van der Waals surface area contributed by atoms with E-state index in [4.69, 9.17) is 16.3 Å². The number of H-pyrrole nitrogens is 1. The number of hydrazine groups is 1. The SMILES string of the molecule is CCOC(=O)[C@H](O)CN(Cc1ccc(-c2cc(Cl)ccc2F)cc1)NC(=O)c1nn(-c2ccccc2)c(=O)[nH]1. The molecule has 1 heterocycles. The maximum absolute atomic E-state index is 14.3. The molecule has 1 atom stereocenters. The highest BCUT2D eigenvalue weighted by atomic mass is 35.5. The van der Waals surface area contributed by atoms with Crippen LogP contribution in [0.4, 0.5) is 4.39 Å². The Balaban J connectivity index is 1.54. The van der Waals surface area contributed by atoms with Gasteiger partial charge in [0.05, 0.1) is 18.8 Å². The van der Waals surface area contributed by atoms with E-state index in [1.165, 1.54) is 23.2 Å². The van der Waals surface area contributed by atoms with Crippen molar-refractivity contribution < 1.29 is 23.8 Å². The second-order valence-electron chi connectivity index (χ2n) is 8.44. The number of esters is 1. The number of hydrogen-bond acceptors (Lipinski definition) is 7. The molecule has 0 unspecified atom stereocenters. The molecule has 10 nitrogen and oxygen atoms in total. The summed E-state index contributed by atoms with van der Waals surface area (Å²) in [5.74, 6) is -2.32. The van der Waals surface area contributed by atoms with E-state index in [-0.39, 0.29) is 25.5 Å². The van der Waals surface area contributed by atoms with Crippen molar-refractivity contribution in [2.75, 3.05) is 13.2 Å². The van der Waals surface area contributed by atoms with Crippen molar-refractivity contribution in [2.24, 2.45) is 0 Å². The van der Waals surface area contributed by atoms with E-state index in [9.17, 15) is 23.9 Å². The van der Waals surface area contributed by atoms with E-state index in [1.807, 2.05) is 0 Å². The maximum atomic E-state index is 14.3. The molecule has 1 aromatic heterocycles. The van der Waals surface area contributed by atoms with Crippen LogP contribution in [0.3, 0.4) is 0 Å². The average Bonchev–Trinajstić information content (AvgIpc) is 3.33. The lowest BCUT2D eigenvalue weighted by atomic mass is 10.0. The molecule has 0 bridgehead atoms. The van der Waals surface area contributed by atoms with E-state index in [0.29, 0.717) is 27.4 Å². The summed E-state index contributed by atoms with van der Waals surface area (Å²) in [6.07, 6.45) is -1.56. The topological polar surface area (TPSA) is 130 Å². The first-order valence-electron chi connectivity index (χ1n) is 11.9. The Labute approximate surface area is 227 Å². The first-order chi connectivity index (χ1) is 18.7. The number of benzene rings is 3. The third-order valence-electron chi connectivity index (χ3n) is 5.61. The number of carbonyl (C=O) groups excluding carboxylic acids is 2. The smallest absolute Gasteiger partial charge is 0.348 e. The fraction of sp³-hybridized carbons (Fsp3) is 0.185. The molecule has 3 aromatic carbocycles. The Morgan fingerprint density at radius 3 is 2.56 bits per heavy atom. The second kappa shape index (κ2) is 12.5. The first kappa shape index (κ1) is 27.7. The number of carbonyl (C=O) groups is 2. The summed E-state index contributed by atoms with van der Waals surface area (Å²) >= 11 is 6.00. The van der Waals surface area contributed by atoms with Crippen LogP contribution < -0.4 is 11.1 Å². The van der Waals surface area contributed by atoms with Gasteiger partial charge in [0, 0.05) is 17.1 Å². The Bertz CT molecular complexity index is 1510. The minimum absolute atomic E-state index is 0.0458. The standard InChI is InChI=1S/C27H25ClFN5O5/c1-2-39-26(37)23(35)16-33(15-17-8-10-18(11-9-17)21-14-19(28)12-13-22(21)29)32-25(36)24-30-27(38)34(31-24)20-6-4-3-5-7-20/h3-14,23,35H,2,15-16H2,1H3,(H,32,36)(H,30,31,38)/t23-/m1/s1. The number of para-hydroxylation sites is 1. The van der Waals surface area contributed by atoms with E-state index in [2.05, 4.69) is 15.5 Å². The number of rotatable bonds is 10. The number of nitrogens with zero attached hydrogens (tertiary/aromatic N) is 3. The molecule has 0 radical (unpaired) electrons. The number of aromatic amines is 1. The Kier molecular flexibility index (Phi) is 8.87. The Hall–Kier alpha value is -4.32. The van der Waals surface area contributed by atoms with Crippen LogP contribution in [0.1, 0.15) is 23.1 Å². The number of aliphatic hydroxyl groups excluding tert-OH is 1. The predicted molar refractivity (Wildman–Crippen MR) is 142 cm³/mol. The van der Waals surface area contributed by atoms with Crippen LogP contribution in [-0.4, -0.2) is 56.0 Å².